The van der Waals surface area contributed by atoms with E-state index in [-0.39, 0.29) is 28.7 Å². The lowest BCUT2D eigenvalue weighted by Gasteiger charge is -2.06. The molecule has 0 saturated heterocycles. The zero-order chi connectivity index (χ0) is 33.3. The number of nitrogens with two attached hydrogens (primary N) is 1. The fraction of sp³-hybridized carbons (Fsp3) is 0.156. The average Bonchev–Trinajstić information content (AvgIpc) is 3.49. The first-order valence-electron chi connectivity index (χ1n) is 13.7. The first-order chi connectivity index (χ1) is 21.9. The molecule has 0 fully saturated rings. The van der Waals surface area contributed by atoms with Gasteiger partial charge < -0.3 is 15.5 Å². The zero-order valence-electron chi connectivity index (χ0n) is 25.2. The van der Waals surface area contributed by atoms with Gasteiger partial charge in [0.15, 0.2) is 5.84 Å². The van der Waals surface area contributed by atoms with E-state index in [1.54, 1.807) is 55.5 Å². The van der Waals surface area contributed by atoms with Gasteiger partial charge in [-0.3, -0.25) is 0 Å². The van der Waals surface area contributed by atoms with Gasteiger partial charge in [-0.1, -0.05) is 83.1 Å². The third-order valence-corrected chi connectivity index (χ3v) is 10.1. The molecule has 1 heterocycles. The van der Waals surface area contributed by atoms with Crippen LogP contribution in [0.4, 0.5) is 8.78 Å². The smallest absolute Gasteiger partial charge is 0.223 e. The summed E-state index contributed by atoms with van der Waals surface area (Å²) in [5, 5.41) is 15.4. The lowest BCUT2D eigenvalue weighted by atomic mass is 10.1. The Morgan fingerprint density at radius 1 is 0.783 bits per heavy atom. The van der Waals surface area contributed by atoms with Crippen LogP contribution >= 0.6 is 0 Å². The molecular weight excluding hydrogens is 635 g/mol. The first kappa shape index (κ1) is 33.9. The highest BCUT2D eigenvalue weighted by atomic mass is 32.2. The summed E-state index contributed by atoms with van der Waals surface area (Å²) in [6, 6.07) is 26.1. The van der Waals surface area contributed by atoms with Crippen LogP contribution in [0, 0.1) is 18.6 Å². The van der Waals surface area contributed by atoms with Crippen molar-refractivity contribution in [2.45, 2.75) is 29.8 Å². The van der Waals surface area contributed by atoms with E-state index in [4.69, 9.17) is 15.5 Å². The van der Waals surface area contributed by atoms with Crippen molar-refractivity contribution >= 4 is 25.3 Å². The molecule has 0 amide bonds. The minimum atomic E-state index is -2.81. The van der Waals surface area contributed by atoms with Crippen molar-refractivity contribution in [2.75, 3.05) is 12.5 Å². The highest BCUT2D eigenvalue weighted by molar-refractivity contribution is 7.93. The molecule has 240 valence electrons. The summed E-state index contributed by atoms with van der Waals surface area (Å²) in [6.07, 6.45) is 2.86. The number of rotatable bonds is 8. The molecule has 0 spiro atoms. The van der Waals surface area contributed by atoms with Crippen molar-refractivity contribution in [3.8, 4) is 11.4 Å². The standard InChI is InChI=1S/C17H16FN3O2S.C15H16FN3O2S/c1-12-20-17(21-23-12)14-9-7-13(8-10-14)11-19-24(2,22)16-6-4-3-5-15(16)18;1-22(21,14-5-3-2-4-13(14)16)18-10-11-6-8-12(9-7-11)15(17)19-20/h3-10H,11H2,1-2H3;2-9,20H,10H2,1H3,(H2,17,19). The SMILES string of the molecule is CS(=O)(=NCc1ccc(/C(N)=N/O)cc1)c1ccccc1F.Cc1nc(-c2ccc(CN=S(C)(=O)c3ccccc3F)cc2)no1. The predicted octanol–water partition coefficient (Wildman–Crippen LogP) is 6.42. The number of aryl methyl sites for hydroxylation is 1. The van der Waals surface area contributed by atoms with Crippen molar-refractivity contribution in [3.05, 3.63) is 131 Å². The summed E-state index contributed by atoms with van der Waals surface area (Å²) in [4.78, 5) is 4.39. The van der Waals surface area contributed by atoms with Crippen molar-refractivity contribution in [2.24, 2.45) is 19.6 Å². The van der Waals surface area contributed by atoms with Crippen LogP contribution in [0.2, 0.25) is 0 Å². The Kier molecular flexibility index (Phi) is 11.0. The molecular formula is C32H32F2N6O4S2. The third kappa shape index (κ3) is 8.82. The monoisotopic (exact) mass is 666 g/mol. The Bertz CT molecular complexity index is 2080. The van der Waals surface area contributed by atoms with Gasteiger partial charge in [-0.15, -0.1) is 0 Å². The van der Waals surface area contributed by atoms with Crippen molar-refractivity contribution in [1.29, 1.82) is 0 Å². The van der Waals surface area contributed by atoms with Gasteiger partial charge in [0.05, 0.1) is 42.3 Å². The van der Waals surface area contributed by atoms with Crippen LogP contribution in [0.1, 0.15) is 22.6 Å². The van der Waals surface area contributed by atoms with Gasteiger partial charge in [0.2, 0.25) is 11.7 Å². The van der Waals surface area contributed by atoms with Crippen LogP contribution in [0.5, 0.6) is 0 Å². The fourth-order valence-electron chi connectivity index (χ4n) is 4.05. The molecule has 2 unspecified atom stereocenters. The minimum absolute atomic E-state index is 0.00846. The maximum absolute atomic E-state index is 13.8. The highest BCUT2D eigenvalue weighted by Gasteiger charge is 2.12. The Morgan fingerprint density at radius 3 is 1.65 bits per heavy atom. The van der Waals surface area contributed by atoms with Crippen LogP contribution < -0.4 is 5.73 Å². The molecule has 1 aromatic heterocycles. The number of hydrogen-bond donors (Lipinski definition) is 2. The maximum atomic E-state index is 13.8. The molecule has 0 bridgehead atoms. The molecule has 0 radical (unpaired) electrons. The molecule has 14 heteroatoms. The second-order valence-electron chi connectivity index (χ2n) is 10.1. The molecule has 5 aromatic rings. The zero-order valence-corrected chi connectivity index (χ0v) is 26.8. The number of halogens is 2. The van der Waals surface area contributed by atoms with Gasteiger partial charge in [0.25, 0.3) is 0 Å². The summed E-state index contributed by atoms with van der Waals surface area (Å²) in [6.45, 7) is 2.14. The number of amidine groups is 1. The van der Waals surface area contributed by atoms with E-state index in [1.165, 1.54) is 36.8 Å². The van der Waals surface area contributed by atoms with Crippen LogP contribution in [0.25, 0.3) is 11.4 Å². The summed E-state index contributed by atoms with van der Waals surface area (Å²) in [5.74, 6) is -0.00643. The maximum Gasteiger partial charge on any atom is 0.223 e. The molecule has 3 N–H and O–H groups in total. The fourth-order valence-corrected chi connectivity index (χ4v) is 6.64. The van der Waals surface area contributed by atoms with E-state index < -0.39 is 31.1 Å². The number of nitrogens with zero attached hydrogens (tertiary/aromatic N) is 5. The van der Waals surface area contributed by atoms with E-state index in [1.807, 2.05) is 24.3 Å². The topological polar surface area (TPSA) is 156 Å². The molecule has 2 atom stereocenters. The molecule has 0 saturated carbocycles. The van der Waals surface area contributed by atoms with E-state index in [2.05, 4.69) is 24.0 Å². The molecule has 0 aliphatic heterocycles. The second kappa shape index (κ2) is 14.9. The van der Waals surface area contributed by atoms with Gasteiger partial charge in [0, 0.05) is 30.6 Å². The number of hydrogen-bond acceptors (Lipinski definition) is 9. The van der Waals surface area contributed by atoms with E-state index in [9.17, 15) is 17.2 Å². The summed E-state index contributed by atoms with van der Waals surface area (Å²) in [5.41, 5.74) is 8.52. The molecule has 4 aromatic carbocycles. The van der Waals surface area contributed by atoms with Gasteiger partial charge >= 0.3 is 0 Å². The lowest BCUT2D eigenvalue weighted by Crippen LogP contribution is -2.12. The molecule has 10 nitrogen and oxygen atoms in total. The van der Waals surface area contributed by atoms with E-state index >= 15 is 0 Å². The Hall–Kier alpha value is -4.95. The van der Waals surface area contributed by atoms with E-state index in [0.717, 1.165) is 16.7 Å². The first-order valence-corrected chi connectivity index (χ1v) is 17.6. The van der Waals surface area contributed by atoms with Gasteiger partial charge in [-0.25, -0.2) is 25.9 Å². The van der Waals surface area contributed by atoms with Crippen molar-refractivity contribution in [1.82, 2.24) is 10.1 Å². The second-order valence-corrected chi connectivity index (χ2v) is 14.7. The summed E-state index contributed by atoms with van der Waals surface area (Å²) >= 11 is 0. The normalized spacial score (nSPS) is 13.9. The lowest BCUT2D eigenvalue weighted by molar-refractivity contribution is 0.318. The molecule has 0 aliphatic rings. The van der Waals surface area contributed by atoms with Gasteiger partial charge in [-0.05, 0) is 35.4 Å². The Balaban J connectivity index is 0.000000210. The van der Waals surface area contributed by atoms with E-state index in [0.29, 0.717) is 17.3 Å². The summed E-state index contributed by atoms with van der Waals surface area (Å²) < 4.78 is 65.9. The Morgan fingerprint density at radius 2 is 1.24 bits per heavy atom. The third-order valence-electron chi connectivity index (χ3n) is 6.57. The van der Waals surface area contributed by atoms with Crippen LogP contribution in [0.3, 0.4) is 0 Å². The number of benzene rings is 4. The largest absolute Gasteiger partial charge is 0.409 e. The van der Waals surface area contributed by atoms with Crippen molar-refractivity contribution in [3.63, 3.8) is 0 Å². The number of oxime groups is 1. The highest BCUT2D eigenvalue weighted by Crippen LogP contribution is 2.20. The molecule has 5 rings (SSSR count). The van der Waals surface area contributed by atoms with Gasteiger partial charge in [0.1, 0.15) is 11.6 Å². The van der Waals surface area contributed by atoms with Crippen molar-refractivity contribution < 1.29 is 26.9 Å². The van der Waals surface area contributed by atoms with Crippen LogP contribution in [-0.4, -0.2) is 42.1 Å². The van der Waals surface area contributed by atoms with Gasteiger partial charge in [-0.2, -0.15) is 4.98 Å². The van der Waals surface area contributed by atoms with Crippen LogP contribution in [-0.2, 0) is 32.5 Å². The quantitative estimate of drug-likeness (QED) is 0.0838. The average molecular weight is 667 g/mol. The Labute approximate surface area is 266 Å². The predicted molar refractivity (Wildman–Crippen MR) is 173 cm³/mol. The minimum Gasteiger partial charge on any atom is -0.409 e. The number of aromatic nitrogens is 2. The molecule has 0 aliphatic carbocycles. The summed E-state index contributed by atoms with van der Waals surface area (Å²) in [7, 11) is -5.60. The molecule has 46 heavy (non-hydrogen) atoms. The van der Waals surface area contributed by atoms with Crippen LogP contribution in [0.15, 0.2) is 125 Å².